The van der Waals surface area contributed by atoms with Crippen LogP contribution in [0.4, 0.5) is 4.79 Å². The fraction of sp³-hybridized carbons (Fsp3) is 0.500. The third-order valence-corrected chi connectivity index (χ3v) is 2.12. The van der Waals surface area contributed by atoms with Crippen LogP contribution in [0.1, 0.15) is 31.4 Å². The van der Waals surface area contributed by atoms with Gasteiger partial charge in [0, 0.05) is 18.9 Å². The number of ether oxygens (including phenoxy) is 2. The standard InChI is InChI=1S/C11H17N3O4.CO2/c1-4-13(11(16)18-6-3)14-8-7-12-9(14)10(15)17-5-2;2-1-3/h7-8H,4-6H2,1-3H3;. The molecule has 0 aliphatic carbocycles. The van der Waals surface area contributed by atoms with Gasteiger partial charge in [-0.25, -0.2) is 24.3 Å². The molecule has 116 valence electrons. The second-order valence-corrected chi connectivity index (χ2v) is 3.31. The molecule has 0 bridgehead atoms. The fourth-order valence-electron chi connectivity index (χ4n) is 1.40. The fourth-order valence-corrected chi connectivity index (χ4v) is 1.40. The first kappa shape index (κ1) is 18.3. The first-order valence-electron chi connectivity index (χ1n) is 6.21. The number of rotatable bonds is 5. The average Bonchev–Trinajstić information content (AvgIpc) is 2.90. The SMILES string of the molecule is CCOC(=O)c1nccn1N(CC)C(=O)OCC.O=C=O. The molecule has 1 aromatic heterocycles. The van der Waals surface area contributed by atoms with Crippen LogP contribution in [0.15, 0.2) is 12.4 Å². The zero-order valence-electron chi connectivity index (χ0n) is 12.1. The van der Waals surface area contributed by atoms with Gasteiger partial charge in [-0.1, -0.05) is 0 Å². The number of carbonyl (C=O) groups is 2. The van der Waals surface area contributed by atoms with E-state index in [0.29, 0.717) is 6.54 Å². The van der Waals surface area contributed by atoms with Crippen LogP contribution < -0.4 is 5.01 Å². The van der Waals surface area contributed by atoms with Crippen molar-refractivity contribution in [2.24, 2.45) is 0 Å². The zero-order chi connectivity index (χ0) is 16.3. The minimum atomic E-state index is -0.578. The van der Waals surface area contributed by atoms with E-state index >= 15 is 0 Å². The third-order valence-electron chi connectivity index (χ3n) is 2.12. The van der Waals surface area contributed by atoms with E-state index < -0.39 is 12.1 Å². The number of hydrogen-bond acceptors (Lipinski definition) is 7. The van der Waals surface area contributed by atoms with Gasteiger partial charge in [-0.05, 0) is 20.8 Å². The number of nitrogens with zero attached hydrogens (tertiary/aromatic N) is 3. The van der Waals surface area contributed by atoms with E-state index in [0.717, 1.165) is 0 Å². The van der Waals surface area contributed by atoms with Crippen LogP contribution in [0.5, 0.6) is 0 Å². The molecule has 9 nitrogen and oxygen atoms in total. The summed E-state index contributed by atoms with van der Waals surface area (Å²) in [6, 6.07) is 0. The quantitative estimate of drug-likeness (QED) is 0.732. The van der Waals surface area contributed by atoms with Crippen LogP contribution in [-0.4, -0.2) is 47.6 Å². The number of carbonyl (C=O) groups excluding carboxylic acids is 4. The number of esters is 1. The molecule has 0 radical (unpaired) electrons. The first-order valence-corrected chi connectivity index (χ1v) is 6.21. The van der Waals surface area contributed by atoms with Crippen LogP contribution in [0.2, 0.25) is 0 Å². The highest BCUT2D eigenvalue weighted by Gasteiger charge is 2.22. The van der Waals surface area contributed by atoms with E-state index in [1.54, 1.807) is 20.8 Å². The van der Waals surface area contributed by atoms with Crippen molar-refractivity contribution in [2.45, 2.75) is 20.8 Å². The van der Waals surface area contributed by atoms with Gasteiger partial charge in [-0.3, -0.25) is 0 Å². The van der Waals surface area contributed by atoms with E-state index in [9.17, 15) is 9.59 Å². The predicted octanol–water partition coefficient (Wildman–Crippen LogP) is 0.591. The predicted molar refractivity (Wildman–Crippen MR) is 69.0 cm³/mol. The van der Waals surface area contributed by atoms with Crippen LogP contribution in [0.3, 0.4) is 0 Å². The second kappa shape index (κ2) is 10.2. The molecule has 0 fully saturated rings. The second-order valence-electron chi connectivity index (χ2n) is 3.31. The Morgan fingerprint density at radius 2 is 1.81 bits per heavy atom. The molecule has 1 aromatic rings. The molecule has 0 saturated carbocycles. The van der Waals surface area contributed by atoms with E-state index in [1.807, 2.05) is 0 Å². The maximum absolute atomic E-state index is 11.7. The number of imidazole rings is 1. The van der Waals surface area contributed by atoms with E-state index in [4.69, 9.17) is 19.1 Å². The topological polar surface area (TPSA) is 108 Å². The molecule has 9 heteroatoms. The molecule has 1 amide bonds. The third kappa shape index (κ3) is 5.45. The molecule has 1 heterocycles. The van der Waals surface area contributed by atoms with Gasteiger partial charge in [0.25, 0.3) is 0 Å². The summed E-state index contributed by atoms with van der Waals surface area (Å²) >= 11 is 0. The van der Waals surface area contributed by atoms with Gasteiger partial charge < -0.3 is 9.47 Å². The Bertz CT molecular complexity index is 493. The normalized spacial score (nSPS) is 8.90. The maximum atomic E-state index is 11.7. The van der Waals surface area contributed by atoms with Crippen molar-refractivity contribution in [3.8, 4) is 0 Å². The summed E-state index contributed by atoms with van der Waals surface area (Å²) < 4.78 is 11.1. The van der Waals surface area contributed by atoms with E-state index in [-0.39, 0.29) is 25.2 Å². The summed E-state index contributed by atoms with van der Waals surface area (Å²) in [5, 5.41) is 1.27. The van der Waals surface area contributed by atoms with Gasteiger partial charge in [-0.15, -0.1) is 0 Å². The lowest BCUT2D eigenvalue weighted by Gasteiger charge is -2.22. The Labute approximate surface area is 121 Å². The molecular formula is C12H17N3O6. The zero-order valence-corrected chi connectivity index (χ0v) is 12.1. The molecular weight excluding hydrogens is 282 g/mol. The smallest absolute Gasteiger partial charge is 0.429 e. The van der Waals surface area contributed by atoms with Gasteiger partial charge in [0.15, 0.2) is 0 Å². The Balaban J connectivity index is 0.00000122. The highest BCUT2D eigenvalue weighted by molar-refractivity contribution is 5.87. The molecule has 0 unspecified atom stereocenters. The van der Waals surface area contributed by atoms with Crippen molar-refractivity contribution in [3.05, 3.63) is 18.2 Å². The molecule has 0 aliphatic heterocycles. The van der Waals surface area contributed by atoms with Gasteiger partial charge >= 0.3 is 18.2 Å². The molecule has 0 atom stereocenters. The lowest BCUT2D eigenvalue weighted by molar-refractivity contribution is -0.191. The van der Waals surface area contributed by atoms with Gasteiger partial charge in [0.05, 0.1) is 13.2 Å². The van der Waals surface area contributed by atoms with Gasteiger partial charge in [-0.2, -0.15) is 9.59 Å². The van der Waals surface area contributed by atoms with Crippen molar-refractivity contribution in [3.63, 3.8) is 0 Å². The Hall–Kier alpha value is -2.67. The monoisotopic (exact) mass is 299 g/mol. The van der Waals surface area contributed by atoms with Crippen LogP contribution in [0.25, 0.3) is 0 Å². The van der Waals surface area contributed by atoms with Crippen LogP contribution in [-0.2, 0) is 19.1 Å². The average molecular weight is 299 g/mol. The highest BCUT2D eigenvalue weighted by atomic mass is 16.6. The van der Waals surface area contributed by atoms with E-state index in [2.05, 4.69) is 4.98 Å². The summed E-state index contributed by atoms with van der Waals surface area (Å²) in [6.45, 7) is 6.05. The molecule has 21 heavy (non-hydrogen) atoms. The van der Waals surface area contributed by atoms with Crippen molar-refractivity contribution in [1.29, 1.82) is 0 Å². The number of aromatic nitrogens is 2. The minimum absolute atomic E-state index is 0.0479. The lowest BCUT2D eigenvalue weighted by Crippen LogP contribution is -2.42. The van der Waals surface area contributed by atoms with Gasteiger partial charge in [0.1, 0.15) is 0 Å². The van der Waals surface area contributed by atoms with Crippen molar-refractivity contribution in [2.75, 3.05) is 24.8 Å². The Morgan fingerprint density at radius 1 is 1.24 bits per heavy atom. The maximum Gasteiger partial charge on any atom is 0.429 e. The molecule has 0 saturated heterocycles. The van der Waals surface area contributed by atoms with Crippen molar-refractivity contribution < 1.29 is 28.7 Å². The lowest BCUT2D eigenvalue weighted by atomic mass is 10.6. The highest BCUT2D eigenvalue weighted by Crippen LogP contribution is 2.04. The summed E-state index contributed by atoms with van der Waals surface area (Å²) in [5.41, 5.74) is 0. The molecule has 0 aliphatic rings. The summed E-state index contributed by atoms with van der Waals surface area (Å²) in [7, 11) is 0. The number of amides is 1. The van der Waals surface area contributed by atoms with Gasteiger partial charge in [0.2, 0.25) is 5.82 Å². The molecule has 1 rings (SSSR count). The molecule has 0 N–H and O–H groups in total. The molecule has 0 aromatic carbocycles. The number of hydrogen-bond donors (Lipinski definition) is 0. The minimum Gasteiger partial charge on any atom is -0.460 e. The van der Waals surface area contributed by atoms with Crippen LogP contribution in [0, 0.1) is 0 Å². The largest absolute Gasteiger partial charge is 0.460 e. The summed E-state index contributed by atoms with van der Waals surface area (Å²) in [6.07, 6.45) is 2.64. The summed E-state index contributed by atoms with van der Waals surface area (Å²) in [4.78, 5) is 43.5. The van der Waals surface area contributed by atoms with Crippen molar-refractivity contribution in [1.82, 2.24) is 9.66 Å². The Kier molecular flexibility index (Phi) is 8.87. The Morgan fingerprint density at radius 3 is 2.29 bits per heavy atom. The van der Waals surface area contributed by atoms with Crippen molar-refractivity contribution >= 4 is 18.2 Å². The molecule has 0 spiro atoms. The summed E-state index contributed by atoms with van der Waals surface area (Å²) in [5.74, 6) is -0.531. The van der Waals surface area contributed by atoms with Crippen LogP contribution >= 0.6 is 0 Å². The first-order chi connectivity index (χ1) is 10.1. The van der Waals surface area contributed by atoms with E-state index in [1.165, 1.54) is 22.1 Å².